The molecule has 0 spiro atoms. The van der Waals surface area contributed by atoms with E-state index in [2.05, 4.69) is 22.6 Å². The van der Waals surface area contributed by atoms with Crippen LogP contribution in [0.3, 0.4) is 0 Å². The van der Waals surface area contributed by atoms with Crippen LogP contribution in [-0.4, -0.2) is 27.5 Å². The molecule has 0 N–H and O–H groups in total. The monoisotopic (exact) mass is 219 g/mol. The molecule has 1 atom stereocenters. The van der Waals surface area contributed by atoms with E-state index in [4.69, 9.17) is 4.98 Å². The van der Waals surface area contributed by atoms with E-state index in [1.165, 1.54) is 56.7 Å². The molecule has 0 saturated carbocycles. The van der Waals surface area contributed by atoms with Gasteiger partial charge in [-0.25, -0.2) is 4.98 Å². The Morgan fingerprint density at radius 3 is 3.12 bits per heavy atom. The second-order valence-corrected chi connectivity index (χ2v) is 5.00. The minimum absolute atomic E-state index is 0.594. The molecule has 0 radical (unpaired) electrons. The molecule has 1 aromatic rings. The number of hydrogen-bond donors (Lipinski definition) is 0. The highest BCUT2D eigenvalue weighted by Crippen LogP contribution is 2.32. The van der Waals surface area contributed by atoms with Crippen LogP contribution in [-0.2, 0) is 13.0 Å². The number of fused-ring (bicyclic) bond motifs is 1. The number of aromatic nitrogens is 2. The summed E-state index contributed by atoms with van der Waals surface area (Å²) in [6.45, 7) is 5.87. The Hall–Kier alpha value is -0.830. The molecule has 88 valence electrons. The molecule has 3 rings (SSSR count). The molecule has 2 aliphatic rings. The number of likely N-dealkylation sites (tertiary alicyclic amines) is 1. The Morgan fingerprint density at radius 1 is 1.31 bits per heavy atom. The number of imidazole rings is 1. The number of aryl methyl sites for hydroxylation is 1. The van der Waals surface area contributed by atoms with E-state index in [-0.39, 0.29) is 0 Å². The van der Waals surface area contributed by atoms with Gasteiger partial charge in [-0.3, -0.25) is 4.90 Å². The van der Waals surface area contributed by atoms with E-state index in [1.54, 1.807) is 0 Å². The lowest BCUT2D eigenvalue weighted by molar-refractivity contribution is 0.254. The molecule has 0 aliphatic carbocycles. The van der Waals surface area contributed by atoms with Crippen molar-refractivity contribution in [3.8, 4) is 0 Å². The van der Waals surface area contributed by atoms with Crippen molar-refractivity contribution in [1.82, 2.24) is 14.5 Å². The zero-order chi connectivity index (χ0) is 11.0. The van der Waals surface area contributed by atoms with Crippen LogP contribution >= 0.6 is 0 Å². The predicted molar refractivity (Wildman–Crippen MR) is 64.4 cm³/mol. The Bertz CT molecular complexity index is 369. The third-order valence-corrected chi connectivity index (χ3v) is 4.10. The van der Waals surface area contributed by atoms with Gasteiger partial charge in [0.25, 0.3) is 0 Å². The number of rotatable bonds is 2. The van der Waals surface area contributed by atoms with Gasteiger partial charge in [-0.05, 0) is 45.2 Å². The molecule has 3 nitrogen and oxygen atoms in total. The van der Waals surface area contributed by atoms with Crippen LogP contribution in [0.5, 0.6) is 0 Å². The van der Waals surface area contributed by atoms with E-state index in [0.717, 1.165) is 6.54 Å². The second-order valence-electron chi connectivity index (χ2n) is 5.00. The van der Waals surface area contributed by atoms with Crippen molar-refractivity contribution in [2.75, 3.05) is 13.1 Å². The van der Waals surface area contributed by atoms with Gasteiger partial charge in [0.05, 0.1) is 6.04 Å². The summed E-state index contributed by atoms with van der Waals surface area (Å²) in [5.41, 5.74) is 1.46. The smallest absolute Gasteiger partial charge is 0.126 e. The Labute approximate surface area is 97.5 Å². The van der Waals surface area contributed by atoms with Gasteiger partial charge in [-0.2, -0.15) is 0 Å². The molecule has 3 heterocycles. The standard InChI is InChI=1S/C13H21N3/c1-2-15-8-5-7-12(15)13-14-10-11-6-3-4-9-16(11)13/h10,12H,2-9H2,1H3. The summed E-state index contributed by atoms with van der Waals surface area (Å²) in [5.74, 6) is 1.34. The fourth-order valence-corrected chi connectivity index (χ4v) is 3.22. The van der Waals surface area contributed by atoms with E-state index < -0.39 is 0 Å². The summed E-state index contributed by atoms with van der Waals surface area (Å²) in [5, 5.41) is 0. The first-order valence-corrected chi connectivity index (χ1v) is 6.68. The fraction of sp³-hybridized carbons (Fsp3) is 0.769. The molecule has 1 saturated heterocycles. The third kappa shape index (κ3) is 1.58. The van der Waals surface area contributed by atoms with Gasteiger partial charge in [-0.15, -0.1) is 0 Å². The largest absolute Gasteiger partial charge is 0.331 e. The average molecular weight is 219 g/mol. The quantitative estimate of drug-likeness (QED) is 0.761. The number of nitrogens with zero attached hydrogens (tertiary/aromatic N) is 3. The van der Waals surface area contributed by atoms with Crippen molar-refractivity contribution in [2.24, 2.45) is 0 Å². The van der Waals surface area contributed by atoms with Gasteiger partial charge in [0.15, 0.2) is 0 Å². The zero-order valence-electron chi connectivity index (χ0n) is 10.2. The van der Waals surface area contributed by atoms with Gasteiger partial charge in [0.2, 0.25) is 0 Å². The van der Waals surface area contributed by atoms with Crippen molar-refractivity contribution < 1.29 is 0 Å². The van der Waals surface area contributed by atoms with E-state index >= 15 is 0 Å². The maximum Gasteiger partial charge on any atom is 0.126 e. The number of hydrogen-bond acceptors (Lipinski definition) is 2. The molecule has 1 aromatic heterocycles. The Balaban J connectivity index is 1.91. The van der Waals surface area contributed by atoms with Crippen LogP contribution in [0.15, 0.2) is 6.20 Å². The van der Waals surface area contributed by atoms with Gasteiger partial charge in [0.1, 0.15) is 5.82 Å². The summed E-state index contributed by atoms with van der Waals surface area (Å²) in [6, 6.07) is 0.594. The van der Waals surface area contributed by atoms with Crippen LogP contribution < -0.4 is 0 Å². The summed E-state index contributed by atoms with van der Waals surface area (Å²) >= 11 is 0. The van der Waals surface area contributed by atoms with Crippen molar-refractivity contribution in [1.29, 1.82) is 0 Å². The molecule has 16 heavy (non-hydrogen) atoms. The van der Waals surface area contributed by atoms with Crippen LogP contribution in [0.1, 0.15) is 50.2 Å². The fourth-order valence-electron chi connectivity index (χ4n) is 3.22. The highest BCUT2D eigenvalue weighted by Gasteiger charge is 2.29. The van der Waals surface area contributed by atoms with Gasteiger partial charge < -0.3 is 4.57 Å². The van der Waals surface area contributed by atoms with Gasteiger partial charge in [0, 0.05) is 18.4 Å². The lowest BCUT2D eigenvalue weighted by atomic mass is 10.1. The van der Waals surface area contributed by atoms with Crippen LogP contribution in [0.4, 0.5) is 0 Å². The lowest BCUT2D eigenvalue weighted by Crippen LogP contribution is -2.26. The van der Waals surface area contributed by atoms with Crippen molar-refractivity contribution in [3.05, 3.63) is 17.7 Å². The van der Waals surface area contributed by atoms with Gasteiger partial charge >= 0.3 is 0 Å². The van der Waals surface area contributed by atoms with Crippen molar-refractivity contribution in [2.45, 2.75) is 51.6 Å². The predicted octanol–water partition coefficient (Wildman–Crippen LogP) is 2.38. The summed E-state index contributed by atoms with van der Waals surface area (Å²) in [4.78, 5) is 7.27. The first-order valence-electron chi connectivity index (χ1n) is 6.68. The first kappa shape index (κ1) is 10.3. The normalized spacial score (nSPS) is 25.9. The topological polar surface area (TPSA) is 21.1 Å². The molecule has 2 aliphatic heterocycles. The summed E-state index contributed by atoms with van der Waals surface area (Å²) < 4.78 is 2.49. The molecular formula is C13H21N3. The molecular weight excluding hydrogens is 198 g/mol. The molecule has 1 fully saturated rings. The summed E-state index contributed by atoms with van der Waals surface area (Å²) in [7, 11) is 0. The van der Waals surface area contributed by atoms with E-state index in [1.807, 2.05) is 0 Å². The summed E-state index contributed by atoms with van der Waals surface area (Å²) in [6.07, 6.45) is 8.64. The minimum Gasteiger partial charge on any atom is -0.331 e. The van der Waals surface area contributed by atoms with E-state index in [9.17, 15) is 0 Å². The average Bonchev–Trinajstić information content (AvgIpc) is 2.94. The molecule has 3 heteroatoms. The Kier molecular flexibility index (Phi) is 2.72. The highest BCUT2D eigenvalue weighted by molar-refractivity contribution is 5.12. The maximum absolute atomic E-state index is 4.70. The van der Waals surface area contributed by atoms with Crippen molar-refractivity contribution in [3.63, 3.8) is 0 Å². The van der Waals surface area contributed by atoms with Crippen LogP contribution in [0.2, 0.25) is 0 Å². The van der Waals surface area contributed by atoms with Crippen molar-refractivity contribution >= 4 is 0 Å². The highest BCUT2D eigenvalue weighted by atomic mass is 15.2. The molecule has 0 aromatic carbocycles. The van der Waals surface area contributed by atoms with Crippen LogP contribution in [0, 0.1) is 0 Å². The minimum atomic E-state index is 0.594. The SMILES string of the molecule is CCN1CCCC1c1ncc2n1CCCC2. The second kappa shape index (κ2) is 4.21. The van der Waals surface area contributed by atoms with Crippen LogP contribution in [0.25, 0.3) is 0 Å². The molecule has 0 amide bonds. The molecule has 0 bridgehead atoms. The maximum atomic E-state index is 4.70. The zero-order valence-corrected chi connectivity index (χ0v) is 10.2. The first-order chi connectivity index (χ1) is 7.90. The third-order valence-electron chi connectivity index (χ3n) is 4.10. The lowest BCUT2D eigenvalue weighted by Gasteiger charge is -2.25. The van der Waals surface area contributed by atoms with E-state index in [0.29, 0.717) is 6.04 Å². The molecule has 1 unspecified atom stereocenters. The Morgan fingerprint density at radius 2 is 2.25 bits per heavy atom. The van der Waals surface area contributed by atoms with Gasteiger partial charge in [-0.1, -0.05) is 6.92 Å².